The average Bonchev–Trinajstić information content (AvgIpc) is 2.19. The van der Waals surface area contributed by atoms with Crippen molar-refractivity contribution >= 4 is 11.7 Å². The Morgan fingerprint density at radius 3 is 2.87 bits per heavy atom. The van der Waals surface area contributed by atoms with Crippen molar-refractivity contribution < 1.29 is 4.79 Å². The van der Waals surface area contributed by atoms with Gasteiger partial charge in [-0.05, 0) is 0 Å². The van der Waals surface area contributed by atoms with Crippen molar-refractivity contribution in [1.29, 1.82) is 0 Å². The second-order valence-corrected chi connectivity index (χ2v) is 3.33. The molecule has 1 aromatic rings. The second kappa shape index (κ2) is 4.59. The number of nitrogens with one attached hydrogen (secondary N) is 1. The molecule has 1 heterocycles. The predicted octanol–water partition coefficient (Wildman–Crippen LogP) is -0.720. The summed E-state index contributed by atoms with van der Waals surface area (Å²) in [6.45, 7) is 0.0687. The Morgan fingerprint density at radius 2 is 2.27 bits per heavy atom. The van der Waals surface area contributed by atoms with Gasteiger partial charge in [-0.2, -0.15) is 0 Å². The molecule has 1 N–H and O–H groups in total. The number of hydrogen-bond acceptors (Lipinski definition) is 4. The highest BCUT2D eigenvalue weighted by Gasteiger charge is 2.06. The maximum absolute atomic E-state index is 11.5. The Bertz CT molecular complexity index is 411. The highest BCUT2D eigenvalue weighted by molar-refractivity contribution is 5.79. The van der Waals surface area contributed by atoms with E-state index in [4.69, 9.17) is 0 Å². The number of rotatable bonds is 3. The summed E-state index contributed by atoms with van der Waals surface area (Å²) in [5.41, 5.74) is -0.246. The molecule has 0 saturated heterocycles. The number of anilines is 1. The Labute approximate surface area is 87.5 Å². The van der Waals surface area contributed by atoms with Gasteiger partial charge in [0.25, 0.3) is 5.56 Å². The SMILES string of the molecule is CN(C)C(=O)CNc1nccn(C)c1=O. The molecule has 15 heavy (non-hydrogen) atoms. The standard InChI is InChI=1S/C9H14N4O2/c1-12(2)7(14)6-11-8-9(15)13(3)5-4-10-8/h4-5H,6H2,1-3H3,(H,10,11). The predicted molar refractivity (Wildman–Crippen MR) is 56.7 cm³/mol. The van der Waals surface area contributed by atoms with Gasteiger partial charge in [-0.25, -0.2) is 4.98 Å². The molecule has 0 spiro atoms. The fourth-order valence-corrected chi connectivity index (χ4v) is 0.937. The van der Waals surface area contributed by atoms with Crippen LogP contribution in [-0.2, 0) is 11.8 Å². The number of nitrogens with zero attached hydrogens (tertiary/aromatic N) is 3. The van der Waals surface area contributed by atoms with Crippen LogP contribution in [0, 0.1) is 0 Å². The maximum atomic E-state index is 11.5. The third kappa shape index (κ3) is 2.80. The fourth-order valence-electron chi connectivity index (χ4n) is 0.937. The van der Waals surface area contributed by atoms with Gasteiger partial charge in [0.05, 0.1) is 6.54 Å². The van der Waals surface area contributed by atoms with Crippen LogP contribution in [0.4, 0.5) is 5.82 Å². The minimum absolute atomic E-state index is 0.0687. The zero-order valence-electron chi connectivity index (χ0n) is 9.02. The van der Waals surface area contributed by atoms with E-state index < -0.39 is 0 Å². The van der Waals surface area contributed by atoms with E-state index >= 15 is 0 Å². The fraction of sp³-hybridized carbons (Fsp3) is 0.444. The first kappa shape index (κ1) is 11.2. The van der Waals surface area contributed by atoms with Crippen LogP contribution in [0.1, 0.15) is 0 Å². The zero-order valence-corrected chi connectivity index (χ0v) is 9.02. The van der Waals surface area contributed by atoms with Crippen LogP contribution in [0.3, 0.4) is 0 Å². The molecule has 0 saturated carbocycles. The van der Waals surface area contributed by atoms with Crippen molar-refractivity contribution in [1.82, 2.24) is 14.5 Å². The Balaban J connectivity index is 2.70. The first-order valence-electron chi connectivity index (χ1n) is 4.48. The normalized spacial score (nSPS) is 9.80. The quantitative estimate of drug-likeness (QED) is 0.715. The van der Waals surface area contributed by atoms with Gasteiger partial charge in [-0.3, -0.25) is 9.59 Å². The number of carbonyl (C=O) groups excluding carboxylic acids is 1. The molecule has 6 heteroatoms. The number of likely N-dealkylation sites (N-methyl/N-ethyl adjacent to an activating group) is 1. The molecule has 1 aromatic heterocycles. The summed E-state index contributed by atoms with van der Waals surface area (Å²) in [6.07, 6.45) is 3.06. The van der Waals surface area contributed by atoms with E-state index in [0.29, 0.717) is 0 Å². The minimum Gasteiger partial charge on any atom is -0.356 e. The van der Waals surface area contributed by atoms with Gasteiger partial charge in [0.1, 0.15) is 0 Å². The van der Waals surface area contributed by atoms with Gasteiger partial charge in [0, 0.05) is 33.5 Å². The van der Waals surface area contributed by atoms with Crippen molar-refractivity contribution in [2.45, 2.75) is 0 Å². The number of carbonyl (C=O) groups is 1. The van der Waals surface area contributed by atoms with Gasteiger partial charge in [-0.1, -0.05) is 0 Å². The van der Waals surface area contributed by atoms with Gasteiger partial charge < -0.3 is 14.8 Å². The van der Waals surface area contributed by atoms with Crippen LogP contribution < -0.4 is 10.9 Å². The minimum atomic E-state index is -0.246. The van der Waals surface area contributed by atoms with E-state index in [0.717, 1.165) is 0 Å². The van der Waals surface area contributed by atoms with Crippen LogP contribution >= 0.6 is 0 Å². The molecule has 0 radical (unpaired) electrons. The lowest BCUT2D eigenvalue weighted by atomic mass is 10.5. The van der Waals surface area contributed by atoms with E-state index in [1.54, 1.807) is 27.3 Å². The third-order valence-corrected chi connectivity index (χ3v) is 1.92. The van der Waals surface area contributed by atoms with Crippen molar-refractivity contribution in [3.05, 3.63) is 22.7 Å². The summed E-state index contributed by atoms with van der Waals surface area (Å²) in [5, 5.41) is 2.70. The lowest BCUT2D eigenvalue weighted by Crippen LogP contribution is -2.31. The lowest BCUT2D eigenvalue weighted by Gasteiger charge is -2.10. The molecule has 0 fully saturated rings. The highest BCUT2D eigenvalue weighted by atomic mass is 16.2. The summed E-state index contributed by atoms with van der Waals surface area (Å²) in [7, 11) is 4.93. The second-order valence-electron chi connectivity index (χ2n) is 3.33. The molecule has 0 aliphatic heterocycles. The van der Waals surface area contributed by atoms with Crippen LogP contribution in [0.2, 0.25) is 0 Å². The van der Waals surface area contributed by atoms with E-state index in [9.17, 15) is 9.59 Å². The Kier molecular flexibility index (Phi) is 3.43. The monoisotopic (exact) mass is 210 g/mol. The first-order valence-corrected chi connectivity index (χ1v) is 4.48. The molecule has 0 unspecified atom stereocenters. The Morgan fingerprint density at radius 1 is 1.60 bits per heavy atom. The van der Waals surface area contributed by atoms with Crippen LogP contribution in [-0.4, -0.2) is 41.0 Å². The zero-order chi connectivity index (χ0) is 11.4. The highest BCUT2D eigenvalue weighted by Crippen LogP contribution is 1.91. The Hall–Kier alpha value is -1.85. The summed E-state index contributed by atoms with van der Waals surface area (Å²) in [6, 6.07) is 0. The van der Waals surface area contributed by atoms with Gasteiger partial charge in [0.2, 0.25) is 5.91 Å². The smallest absolute Gasteiger partial charge is 0.293 e. The average molecular weight is 210 g/mol. The molecule has 0 aromatic carbocycles. The van der Waals surface area contributed by atoms with E-state index in [1.165, 1.54) is 15.7 Å². The summed E-state index contributed by atoms with van der Waals surface area (Å²) < 4.78 is 1.40. The first-order chi connectivity index (χ1) is 7.02. The molecule has 6 nitrogen and oxygen atoms in total. The molecule has 0 atom stereocenters. The van der Waals surface area contributed by atoms with Gasteiger partial charge in [-0.15, -0.1) is 0 Å². The number of amides is 1. The number of aromatic nitrogens is 2. The molecule has 0 aliphatic rings. The molecule has 82 valence electrons. The summed E-state index contributed by atoms with van der Waals surface area (Å²) in [4.78, 5) is 28.0. The van der Waals surface area contributed by atoms with Crippen molar-refractivity contribution in [3.63, 3.8) is 0 Å². The van der Waals surface area contributed by atoms with Crippen LogP contribution in [0.15, 0.2) is 17.2 Å². The van der Waals surface area contributed by atoms with E-state index in [2.05, 4.69) is 10.3 Å². The van der Waals surface area contributed by atoms with Gasteiger partial charge >= 0.3 is 0 Å². The van der Waals surface area contributed by atoms with Crippen molar-refractivity contribution in [2.75, 3.05) is 26.0 Å². The molecule has 0 bridgehead atoms. The maximum Gasteiger partial charge on any atom is 0.293 e. The van der Waals surface area contributed by atoms with Crippen molar-refractivity contribution in [2.24, 2.45) is 7.05 Å². The van der Waals surface area contributed by atoms with Crippen LogP contribution in [0.25, 0.3) is 0 Å². The largest absolute Gasteiger partial charge is 0.356 e. The van der Waals surface area contributed by atoms with E-state index in [1.807, 2.05) is 0 Å². The van der Waals surface area contributed by atoms with Crippen molar-refractivity contribution in [3.8, 4) is 0 Å². The van der Waals surface area contributed by atoms with Crippen LogP contribution in [0.5, 0.6) is 0 Å². The van der Waals surface area contributed by atoms with E-state index in [-0.39, 0.29) is 23.8 Å². The number of aryl methyl sites for hydroxylation is 1. The molecule has 1 rings (SSSR count). The molecular weight excluding hydrogens is 196 g/mol. The lowest BCUT2D eigenvalue weighted by molar-refractivity contribution is -0.126. The topological polar surface area (TPSA) is 67.2 Å². The third-order valence-electron chi connectivity index (χ3n) is 1.92. The number of hydrogen-bond donors (Lipinski definition) is 1. The molecule has 1 amide bonds. The van der Waals surface area contributed by atoms with Gasteiger partial charge in [0.15, 0.2) is 5.82 Å². The molecule has 0 aliphatic carbocycles. The molecular formula is C9H14N4O2. The summed E-state index contributed by atoms with van der Waals surface area (Å²) in [5.74, 6) is 0.0814. The summed E-state index contributed by atoms with van der Waals surface area (Å²) >= 11 is 0.